The third-order valence-corrected chi connectivity index (χ3v) is 4.69. The van der Waals surface area contributed by atoms with Gasteiger partial charge in [-0.1, -0.05) is 25.9 Å². The molecule has 1 aromatic rings. The van der Waals surface area contributed by atoms with Crippen LogP contribution in [0.4, 0.5) is 0 Å². The van der Waals surface area contributed by atoms with Gasteiger partial charge in [-0.2, -0.15) is 4.98 Å². The van der Waals surface area contributed by atoms with Crippen molar-refractivity contribution in [3.05, 3.63) is 35.6 Å². The second kappa shape index (κ2) is 6.10. The van der Waals surface area contributed by atoms with Crippen molar-refractivity contribution in [1.82, 2.24) is 15.0 Å². The number of amidine groups is 1. The lowest BCUT2D eigenvalue weighted by Gasteiger charge is -2.26. The highest BCUT2D eigenvalue weighted by atomic mass is 32.2. The number of hydrogen-bond donors (Lipinski definition) is 0. The van der Waals surface area contributed by atoms with Crippen LogP contribution in [0.1, 0.15) is 32.5 Å². The molecule has 0 amide bonds. The summed E-state index contributed by atoms with van der Waals surface area (Å²) in [6.07, 6.45) is 4.45. The Morgan fingerprint density at radius 2 is 2.12 bits per heavy atom. The first-order valence-corrected chi connectivity index (χ1v) is 9.24. The number of nitrogens with zero attached hydrogens (tertiary/aromatic N) is 4. The Morgan fingerprint density at radius 1 is 1.36 bits per heavy atom. The summed E-state index contributed by atoms with van der Waals surface area (Å²) in [5, 5.41) is 3.86. The van der Waals surface area contributed by atoms with E-state index in [1.165, 1.54) is 18.4 Å². The first-order chi connectivity index (χ1) is 11.6. The first-order valence-electron chi connectivity index (χ1n) is 7.63. The molecule has 0 aromatic carbocycles. The molecular formula is C15H18N4O5S. The zero-order chi connectivity index (χ0) is 18.2. The maximum Gasteiger partial charge on any atom is 0.340 e. The number of ether oxygens (including phenoxy) is 1. The van der Waals surface area contributed by atoms with E-state index in [0.29, 0.717) is 5.82 Å². The molecule has 0 saturated heterocycles. The molecular weight excluding hydrogens is 348 g/mol. The summed E-state index contributed by atoms with van der Waals surface area (Å²) < 4.78 is 36.8. The number of rotatable bonds is 3. The van der Waals surface area contributed by atoms with Crippen molar-refractivity contribution in [2.45, 2.75) is 32.8 Å². The highest BCUT2D eigenvalue weighted by Gasteiger charge is 2.26. The smallest absolute Gasteiger partial charge is 0.340 e. The monoisotopic (exact) mass is 366 g/mol. The van der Waals surface area contributed by atoms with Gasteiger partial charge in [0.05, 0.1) is 11.3 Å². The number of fused-ring (bicyclic) bond motifs is 1. The van der Waals surface area contributed by atoms with Crippen molar-refractivity contribution in [3.63, 3.8) is 0 Å². The van der Waals surface area contributed by atoms with E-state index >= 15 is 0 Å². The van der Waals surface area contributed by atoms with Crippen LogP contribution < -0.4 is 0 Å². The normalized spacial score (nSPS) is 19.1. The van der Waals surface area contributed by atoms with Crippen LogP contribution in [0.25, 0.3) is 0 Å². The maximum absolute atomic E-state index is 12.2. The Hall–Kier alpha value is -2.49. The topological polar surface area (TPSA) is 115 Å². The number of hydrogen-bond acceptors (Lipinski definition) is 8. The van der Waals surface area contributed by atoms with Gasteiger partial charge >= 0.3 is 5.97 Å². The lowest BCUT2D eigenvalue weighted by atomic mass is 9.96. The fraction of sp³-hybridized carbons (Fsp3) is 0.467. The van der Waals surface area contributed by atoms with Gasteiger partial charge in [0.1, 0.15) is 5.84 Å². The fourth-order valence-electron chi connectivity index (χ4n) is 2.15. The van der Waals surface area contributed by atoms with Crippen molar-refractivity contribution in [2.75, 3.05) is 12.3 Å². The molecule has 0 atom stereocenters. The third kappa shape index (κ3) is 3.95. The molecule has 10 heteroatoms. The molecule has 0 fully saturated rings. The molecule has 3 rings (SSSR count). The molecule has 0 bridgehead atoms. The summed E-state index contributed by atoms with van der Waals surface area (Å²) in [6, 6.07) is 0. The number of sulfonamides is 1. The standard InChI is InChI=1S/C15H18N4O5S/c1-15(2,3)14-16-12(24-17-14)9-23-13(20)10-4-5-11-18-25(21,22)7-6-19(11)8-10/h4-5,8H,6-7,9H2,1-3H3. The Kier molecular flexibility index (Phi) is 4.23. The van der Waals surface area contributed by atoms with Gasteiger partial charge in [-0.25, -0.2) is 13.2 Å². The molecule has 0 unspecified atom stereocenters. The number of carbonyl (C=O) groups is 1. The molecule has 0 aliphatic carbocycles. The highest BCUT2D eigenvalue weighted by molar-refractivity contribution is 7.90. The van der Waals surface area contributed by atoms with Gasteiger partial charge in [0.15, 0.2) is 12.4 Å². The van der Waals surface area contributed by atoms with Gasteiger partial charge < -0.3 is 14.2 Å². The highest BCUT2D eigenvalue weighted by Crippen LogP contribution is 2.19. The molecule has 0 saturated carbocycles. The Morgan fingerprint density at radius 3 is 2.80 bits per heavy atom. The molecule has 2 aliphatic rings. The minimum absolute atomic E-state index is 0.0965. The molecule has 2 aliphatic heterocycles. The van der Waals surface area contributed by atoms with Crippen molar-refractivity contribution in [2.24, 2.45) is 4.40 Å². The molecule has 3 heterocycles. The van der Waals surface area contributed by atoms with Gasteiger partial charge in [-0.3, -0.25) is 0 Å². The van der Waals surface area contributed by atoms with Crippen LogP contribution in [0.2, 0.25) is 0 Å². The zero-order valence-corrected chi connectivity index (χ0v) is 14.9. The maximum atomic E-state index is 12.2. The molecule has 1 aromatic heterocycles. The van der Waals surface area contributed by atoms with Crippen LogP contribution in [0, 0.1) is 0 Å². The molecule has 0 spiro atoms. The third-order valence-electron chi connectivity index (χ3n) is 3.53. The van der Waals surface area contributed by atoms with Crippen molar-refractivity contribution >= 4 is 21.8 Å². The van der Waals surface area contributed by atoms with Crippen LogP contribution >= 0.6 is 0 Å². The summed E-state index contributed by atoms with van der Waals surface area (Å²) >= 11 is 0. The van der Waals surface area contributed by atoms with Gasteiger partial charge in [0, 0.05) is 18.2 Å². The average Bonchev–Trinajstić information content (AvgIpc) is 3.00. The van der Waals surface area contributed by atoms with E-state index in [9.17, 15) is 13.2 Å². The van der Waals surface area contributed by atoms with Gasteiger partial charge in [-0.05, 0) is 12.2 Å². The van der Waals surface area contributed by atoms with E-state index in [-0.39, 0.29) is 41.6 Å². The van der Waals surface area contributed by atoms with Gasteiger partial charge in [0.2, 0.25) is 0 Å². The second-order valence-electron chi connectivity index (χ2n) is 6.68. The van der Waals surface area contributed by atoms with Crippen molar-refractivity contribution in [1.29, 1.82) is 0 Å². The lowest BCUT2D eigenvalue weighted by Crippen LogP contribution is -2.37. The van der Waals surface area contributed by atoms with Crippen LogP contribution in [0.15, 0.2) is 32.8 Å². The molecule has 25 heavy (non-hydrogen) atoms. The quantitative estimate of drug-likeness (QED) is 0.725. The van der Waals surface area contributed by atoms with E-state index in [4.69, 9.17) is 9.26 Å². The van der Waals surface area contributed by atoms with Crippen LogP contribution in [0.3, 0.4) is 0 Å². The minimum Gasteiger partial charge on any atom is -0.452 e. The van der Waals surface area contributed by atoms with Crippen LogP contribution in [-0.2, 0) is 31.6 Å². The Bertz CT molecular complexity index is 889. The van der Waals surface area contributed by atoms with Crippen molar-refractivity contribution < 1.29 is 22.5 Å². The number of carbonyl (C=O) groups excluding carboxylic acids is 1. The van der Waals surface area contributed by atoms with Gasteiger partial charge in [-0.15, -0.1) is 4.40 Å². The zero-order valence-electron chi connectivity index (χ0n) is 14.1. The number of aromatic nitrogens is 2. The molecule has 0 N–H and O–H groups in total. The largest absolute Gasteiger partial charge is 0.452 e. The van der Waals surface area contributed by atoms with E-state index in [1.807, 2.05) is 20.8 Å². The minimum atomic E-state index is -3.42. The number of esters is 1. The summed E-state index contributed by atoms with van der Waals surface area (Å²) in [4.78, 5) is 18.0. The van der Waals surface area contributed by atoms with E-state index in [0.717, 1.165) is 0 Å². The van der Waals surface area contributed by atoms with E-state index in [1.54, 1.807) is 4.90 Å². The molecule has 134 valence electrons. The summed E-state index contributed by atoms with van der Waals surface area (Å²) in [5.74, 6) is 0.366. The first kappa shape index (κ1) is 17.3. The fourth-order valence-corrected chi connectivity index (χ4v) is 3.12. The summed E-state index contributed by atoms with van der Waals surface area (Å²) in [6.45, 7) is 5.94. The molecule has 9 nitrogen and oxygen atoms in total. The van der Waals surface area contributed by atoms with Crippen LogP contribution in [0.5, 0.6) is 0 Å². The molecule has 0 radical (unpaired) electrons. The summed E-state index contributed by atoms with van der Waals surface area (Å²) in [5.41, 5.74) is 0.0267. The van der Waals surface area contributed by atoms with E-state index in [2.05, 4.69) is 14.5 Å². The van der Waals surface area contributed by atoms with Crippen molar-refractivity contribution in [3.8, 4) is 0 Å². The lowest BCUT2D eigenvalue weighted by molar-refractivity contribution is -0.140. The van der Waals surface area contributed by atoms with Gasteiger partial charge in [0.25, 0.3) is 15.9 Å². The second-order valence-corrected chi connectivity index (χ2v) is 8.44. The van der Waals surface area contributed by atoms with Crippen LogP contribution in [-0.4, -0.2) is 47.6 Å². The SMILES string of the molecule is CC(C)(C)c1noc(COC(=O)C2=CN3CCS(=O)(=O)N=C3C=C2)n1. The Balaban J connectivity index is 1.64. The average molecular weight is 366 g/mol. The summed E-state index contributed by atoms with van der Waals surface area (Å²) in [7, 11) is -3.42. The predicted molar refractivity (Wildman–Crippen MR) is 87.9 cm³/mol. The van der Waals surface area contributed by atoms with E-state index < -0.39 is 16.0 Å². The predicted octanol–water partition coefficient (Wildman–Crippen LogP) is 0.908. The Labute approximate surface area is 145 Å².